The van der Waals surface area contributed by atoms with Gasteiger partial charge in [-0.25, -0.2) is 0 Å². The van der Waals surface area contributed by atoms with Crippen molar-refractivity contribution in [3.05, 3.63) is 71.8 Å². The van der Waals surface area contributed by atoms with Crippen LogP contribution in [0.1, 0.15) is 36.4 Å². The number of hydrogen-bond acceptors (Lipinski definition) is 2. The smallest absolute Gasteiger partial charge is 0.220 e. The van der Waals surface area contributed by atoms with Gasteiger partial charge in [0.25, 0.3) is 0 Å². The van der Waals surface area contributed by atoms with Gasteiger partial charge in [-0.2, -0.15) is 0 Å². The number of carbonyl (C=O) groups is 1. The lowest BCUT2D eigenvalue weighted by Crippen LogP contribution is -2.37. The Morgan fingerprint density at radius 3 is 2.25 bits per heavy atom. The van der Waals surface area contributed by atoms with E-state index in [1.165, 1.54) is 24.0 Å². The second-order valence-corrected chi connectivity index (χ2v) is 6.52. The zero-order valence-corrected chi connectivity index (χ0v) is 14.2. The highest BCUT2D eigenvalue weighted by molar-refractivity contribution is 5.76. The lowest BCUT2D eigenvalue weighted by atomic mass is 10.1. The molecule has 0 unspecified atom stereocenters. The maximum Gasteiger partial charge on any atom is 0.220 e. The fourth-order valence-corrected chi connectivity index (χ4v) is 3.31. The van der Waals surface area contributed by atoms with Gasteiger partial charge < -0.3 is 10.2 Å². The average molecular weight is 322 g/mol. The summed E-state index contributed by atoms with van der Waals surface area (Å²) < 4.78 is 0. The minimum atomic E-state index is 0.0765. The summed E-state index contributed by atoms with van der Waals surface area (Å²) in [5.74, 6) is 0.131. The molecule has 1 atom stereocenters. The van der Waals surface area contributed by atoms with Crippen molar-refractivity contribution in [1.29, 1.82) is 0 Å². The summed E-state index contributed by atoms with van der Waals surface area (Å²) >= 11 is 0. The van der Waals surface area contributed by atoms with Crippen molar-refractivity contribution >= 4 is 5.91 Å². The molecule has 1 amide bonds. The largest absolute Gasteiger partial charge is 0.348 e. The van der Waals surface area contributed by atoms with Crippen molar-refractivity contribution < 1.29 is 4.79 Å². The fourth-order valence-electron chi connectivity index (χ4n) is 3.31. The van der Waals surface area contributed by atoms with Crippen molar-refractivity contribution in [2.24, 2.45) is 0 Å². The third-order valence-corrected chi connectivity index (χ3v) is 4.66. The van der Waals surface area contributed by atoms with Gasteiger partial charge in [-0.05, 0) is 43.5 Å². The van der Waals surface area contributed by atoms with Crippen LogP contribution in [0.15, 0.2) is 60.7 Å². The highest BCUT2D eigenvalue weighted by Gasteiger charge is 2.20. The Kier molecular flexibility index (Phi) is 6.02. The molecule has 1 saturated heterocycles. The number of rotatable bonds is 7. The van der Waals surface area contributed by atoms with Crippen LogP contribution in [0.25, 0.3) is 0 Å². The summed E-state index contributed by atoms with van der Waals surface area (Å²) in [7, 11) is 0. The summed E-state index contributed by atoms with van der Waals surface area (Å²) in [6.07, 6.45) is 3.86. The molecule has 3 rings (SSSR count). The van der Waals surface area contributed by atoms with Gasteiger partial charge >= 0.3 is 0 Å². The van der Waals surface area contributed by atoms with E-state index in [1.807, 2.05) is 36.4 Å². The van der Waals surface area contributed by atoms with Crippen LogP contribution in [0, 0.1) is 0 Å². The van der Waals surface area contributed by atoms with E-state index in [0.29, 0.717) is 6.42 Å². The maximum absolute atomic E-state index is 12.4. The Hall–Kier alpha value is -2.13. The summed E-state index contributed by atoms with van der Waals surface area (Å²) in [5.41, 5.74) is 2.40. The molecular weight excluding hydrogens is 296 g/mol. The first-order chi connectivity index (χ1) is 11.8. The molecular formula is C21H26N2O. The van der Waals surface area contributed by atoms with Crippen molar-refractivity contribution in [3.63, 3.8) is 0 Å². The maximum atomic E-state index is 12.4. The Morgan fingerprint density at radius 1 is 0.958 bits per heavy atom. The Bertz CT molecular complexity index is 621. The number of amides is 1. The van der Waals surface area contributed by atoms with Crippen molar-refractivity contribution in [1.82, 2.24) is 10.2 Å². The monoisotopic (exact) mass is 322 g/mol. The molecule has 2 aromatic rings. The fraction of sp³-hybridized carbons (Fsp3) is 0.381. The van der Waals surface area contributed by atoms with Crippen molar-refractivity contribution in [3.8, 4) is 0 Å². The summed E-state index contributed by atoms with van der Waals surface area (Å²) in [4.78, 5) is 14.9. The molecule has 0 bridgehead atoms. The zero-order valence-electron chi connectivity index (χ0n) is 14.2. The summed E-state index contributed by atoms with van der Waals surface area (Å²) in [6, 6.07) is 20.6. The van der Waals surface area contributed by atoms with Crippen LogP contribution >= 0.6 is 0 Å². The van der Waals surface area contributed by atoms with E-state index in [1.54, 1.807) is 0 Å². The van der Waals surface area contributed by atoms with E-state index in [0.717, 1.165) is 26.1 Å². The van der Waals surface area contributed by atoms with E-state index < -0.39 is 0 Å². The minimum absolute atomic E-state index is 0.0765. The first kappa shape index (κ1) is 16.7. The van der Waals surface area contributed by atoms with Gasteiger partial charge in [-0.1, -0.05) is 60.7 Å². The van der Waals surface area contributed by atoms with Crippen molar-refractivity contribution in [2.75, 3.05) is 19.6 Å². The predicted octanol–water partition coefficient (Wildman–Crippen LogP) is 3.57. The number of carbonyl (C=O) groups excluding carboxylic acids is 1. The lowest BCUT2D eigenvalue weighted by Gasteiger charge is -2.25. The molecule has 24 heavy (non-hydrogen) atoms. The van der Waals surface area contributed by atoms with E-state index in [-0.39, 0.29) is 11.9 Å². The van der Waals surface area contributed by atoms with Gasteiger partial charge in [0.2, 0.25) is 5.91 Å². The standard InChI is InChI=1S/C21H26N2O/c24-21(14-13-18-9-3-1-4-10-18)22-20(17-23-15-7-8-16-23)19-11-5-2-6-12-19/h1-6,9-12,20H,7-8,13-17H2,(H,22,24)/t20-/m0/s1. The molecule has 0 aliphatic carbocycles. The van der Waals surface area contributed by atoms with E-state index >= 15 is 0 Å². The average Bonchev–Trinajstić information content (AvgIpc) is 3.14. The van der Waals surface area contributed by atoms with Gasteiger partial charge in [-0.15, -0.1) is 0 Å². The molecule has 0 radical (unpaired) electrons. The van der Waals surface area contributed by atoms with Crippen LogP contribution in [0.5, 0.6) is 0 Å². The zero-order chi connectivity index (χ0) is 16.6. The second kappa shape index (κ2) is 8.65. The number of nitrogens with zero attached hydrogens (tertiary/aromatic N) is 1. The lowest BCUT2D eigenvalue weighted by molar-refractivity contribution is -0.121. The SMILES string of the molecule is O=C(CCc1ccccc1)N[C@@H](CN1CCCC1)c1ccccc1. The third-order valence-electron chi connectivity index (χ3n) is 4.66. The minimum Gasteiger partial charge on any atom is -0.348 e. The molecule has 0 saturated carbocycles. The first-order valence-corrected chi connectivity index (χ1v) is 8.92. The molecule has 126 valence electrons. The Labute approximate surface area is 144 Å². The number of aryl methyl sites for hydroxylation is 1. The van der Waals surface area contributed by atoms with Crippen LogP contribution < -0.4 is 5.32 Å². The van der Waals surface area contributed by atoms with E-state index in [4.69, 9.17) is 0 Å². The molecule has 3 nitrogen and oxygen atoms in total. The van der Waals surface area contributed by atoms with Crippen LogP contribution in [-0.2, 0) is 11.2 Å². The Morgan fingerprint density at radius 2 is 1.58 bits per heavy atom. The summed E-state index contributed by atoms with van der Waals surface area (Å²) in [6.45, 7) is 3.19. The van der Waals surface area contributed by atoms with Crippen LogP contribution in [0.4, 0.5) is 0 Å². The number of likely N-dealkylation sites (tertiary alicyclic amines) is 1. The molecule has 1 aliphatic heterocycles. The van der Waals surface area contributed by atoms with Gasteiger partial charge in [0.1, 0.15) is 0 Å². The second-order valence-electron chi connectivity index (χ2n) is 6.52. The van der Waals surface area contributed by atoms with Gasteiger partial charge in [0.05, 0.1) is 6.04 Å². The van der Waals surface area contributed by atoms with E-state index in [9.17, 15) is 4.79 Å². The molecule has 1 N–H and O–H groups in total. The highest BCUT2D eigenvalue weighted by atomic mass is 16.1. The van der Waals surface area contributed by atoms with Gasteiger partial charge in [-0.3, -0.25) is 4.79 Å². The molecule has 3 heteroatoms. The van der Waals surface area contributed by atoms with Crippen LogP contribution in [0.3, 0.4) is 0 Å². The van der Waals surface area contributed by atoms with Crippen molar-refractivity contribution in [2.45, 2.75) is 31.7 Å². The normalized spacial score (nSPS) is 16.0. The van der Waals surface area contributed by atoms with Gasteiger partial charge in [0.15, 0.2) is 0 Å². The number of nitrogens with one attached hydrogen (secondary N) is 1. The molecule has 2 aromatic carbocycles. The summed E-state index contributed by atoms with van der Waals surface area (Å²) in [5, 5.41) is 3.25. The van der Waals surface area contributed by atoms with Crippen LogP contribution in [-0.4, -0.2) is 30.4 Å². The molecule has 1 aliphatic rings. The first-order valence-electron chi connectivity index (χ1n) is 8.92. The quantitative estimate of drug-likeness (QED) is 0.845. The van der Waals surface area contributed by atoms with E-state index in [2.05, 4.69) is 34.5 Å². The molecule has 0 spiro atoms. The van der Waals surface area contributed by atoms with Gasteiger partial charge in [0, 0.05) is 13.0 Å². The topological polar surface area (TPSA) is 32.3 Å². The molecule has 1 fully saturated rings. The number of hydrogen-bond donors (Lipinski definition) is 1. The third kappa shape index (κ3) is 4.93. The number of benzene rings is 2. The highest BCUT2D eigenvalue weighted by Crippen LogP contribution is 2.18. The van der Waals surface area contributed by atoms with Crippen LogP contribution in [0.2, 0.25) is 0 Å². The predicted molar refractivity (Wildman–Crippen MR) is 97.8 cm³/mol. The Balaban J connectivity index is 1.59. The molecule has 0 aromatic heterocycles. The molecule has 1 heterocycles.